The largest absolute Gasteiger partial charge is 0.376 e. The van der Waals surface area contributed by atoms with Gasteiger partial charge in [-0.2, -0.15) is 0 Å². The zero-order valence-corrected chi connectivity index (χ0v) is 18.9. The minimum atomic E-state index is -0.647. The second-order valence-corrected chi connectivity index (χ2v) is 8.18. The molecule has 164 valence electrons. The lowest BCUT2D eigenvalue weighted by atomic mass is 10.0. The topological polar surface area (TPSA) is 38.7 Å². The summed E-state index contributed by atoms with van der Waals surface area (Å²) in [6.45, 7) is 7.50. The van der Waals surface area contributed by atoms with Crippen molar-refractivity contribution in [3.8, 4) is 0 Å². The van der Waals surface area contributed by atoms with Crippen molar-refractivity contribution in [1.29, 1.82) is 0 Å². The fourth-order valence-corrected chi connectivity index (χ4v) is 3.35. The predicted octanol–water partition coefficient (Wildman–Crippen LogP) is 7.40. The van der Waals surface area contributed by atoms with Crippen molar-refractivity contribution in [1.82, 2.24) is 0 Å². The van der Waals surface area contributed by atoms with Crippen molar-refractivity contribution in [2.75, 3.05) is 13.2 Å². The second-order valence-electron chi connectivity index (χ2n) is 8.18. The van der Waals surface area contributed by atoms with E-state index in [0.717, 1.165) is 13.0 Å². The van der Waals surface area contributed by atoms with Gasteiger partial charge in [-0.25, -0.2) is 0 Å². The molecule has 0 aromatic rings. The molecule has 27 heavy (non-hydrogen) atoms. The van der Waals surface area contributed by atoms with Gasteiger partial charge < -0.3 is 14.6 Å². The molecule has 0 heterocycles. The van der Waals surface area contributed by atoms with Gasteiger partial charge in [-0.05, 0) is 19.8 Å². The highest BCUT2D eigenvalue weighted by atomic mass is 16.6. The van der Waals surface area contributed by atoms with E-state index >= 15 is 0 Å². The quantitative estimate of drug-likeness (QED) is 0.156. The van der Waals surface area contributed by atoms with Gasteiger partial charge in [-0.3, -0.25) is 0 Å². The van der Waals surface area contributed by atoms with Crippen LogP contribution in [0.5, 0.6) is 0 Å². The Kier molecular flexibility index (Phi) is 22.1. The molecule has 0 spiro atoms. The van der Waals surface area contributed by atoms with Crippen LogP contribution in [-0.2, 0) is 9.47 Å². The minimum Gasteiger partial charge on any atom is -0.376 e. The van der Waals surface area contributed by atoms with Gasteiger partial charge in [-0.15, -0.1) is 0 Å². The van der Waals surface area contributed by atoms with Crippen LogP contribution in [0.25, 0.3) is 0 Å². The SMILES string of the molecule is CCCCCCCCCCCCCCCCCCOC(C)COC(O)CC. The summed E-state index contributed by atoms with van der Waals surface area (Å²) >= 11 is 0. The summed E-state index contributed by atoms with van der Waals surface area (Å²) in [4.78, 5) is 0. The van der Waals surface area contributed by atoms with E-state index in [1.807, 2.05) is 13.8 Å². The molecule has 0 fully saturated rings. The molecule has 0 aliphatic heterocycles. The maximum absolute atomic E-state index is 9.35. The van der Waals surface area contributed by atoms with Crippen LogP contribution in [-0.4, -0.2) is 30.7 Å². The van der Waals surface area contributed by atoms with Crippen molar-refractivity contribution >= 4 is 0 Å². The number of hydrogen-bond donors (Lipinski definition) is 1. The number of unbranched alkanes of at least 4 members (excludes halogenated alkanes) is 15. The van der Waals surface area contributed by atoms with E-state index in [-0.39, 0.29) is 6.10 Å². The van der Waals surface area contributed by atoms with Crippen LogP contribution >= 0.6 is 0 Å². The number of ether oxygens (including phenoxy) is 2. The standard InChI is InChI=1S/C24H50O3/c1-4-6-7-8-9-10-11-12-13-14-15-16-17-18-19-20-21-26-23(3)22-27-24(25)5-2/h23-25H,4-22H2,1-3H3. The molecule has 3 heteroatoms. The maximum atomic E-state index is 9.35. The molecule has 0 bridgehead atoms. The van der Waals surface area contributed by atoms with E-state index in [1.54, 1.807) is 0 Å². The van der Waals surface area contributed by atoms with Crippen molar-refractivity contribution < 1.29 is 14.6 Å². The fourth-order valence-electron chi connectivity index (χ4n) is 3.35. The first-order valence-corrected chi connectivity index (χ1v) is 12.1. The Bertz CT molecular complexity index is 270. The Labute approximate surface area is 170 Å². The fraction of sp³-hybridized carbons (Fsp3) is 1.00. The highest BCUT2D eigenvalue weighted by Gasteiger charge is 2.06. The Morgan fingerprint density at radius 1 is 0.593 bits per heavy atom. The molecule has 0 amide bonds. The zero-order chi connectivity index (χ0) is 20.0. The lowest BCUT2D eigenvalue weighted by molar-refractivity contribution is -0.128. The van der Waals surface area contributed by atoms with E-state index in [9.17, 15) is 5.11 Å². The number of rotatable bonds is 22. The van der Waals surface area contributed by atoms with Gasteiger partial charge in [0, 0.05) is 6.61 Å². The lowest BCUT2D eigenvalue weighted by Gasteiger charge is -2.15. The molecule has 0 radical (unpaired) electrons. The minimum absolute atomic E-state index is 0.0718. The van der Waals surface area contributed by atoms with Crippen LogP contribution in [0, 0.1) is 0 Å². The Hall–Kier alpha value is -0.120. The monoisotopic (exact) mass is 386 g/mol. The molecule has 0 saturated heterocycles. The van der Waals surface area contributed by atoms with Crippen molar-refractivity contribution in [2.45, 2.75) is 142 Å². The van der Waals surface area contributed by atoms with Crippen LogP contribution in [0.2, 0.25) is 0 Å². The summed E-state index contributed by atoms with van der Waals surface area (Å²) in [6, 6.07) is 0. The van der Waals surface area contributed by atoms with Gasteiger partial charge in [0.1, 0.15) is 0 Å². The van der Waals surface area contributed by atoms with Crippen LogP contribution in [0.4, 0.5) is 0 Å². The molecule has 0 aliphatic carbocycles. The summed E-state index contributed by atoms with van der Waals surface area (Å²) in [7, 11) is 0. The molecule has 0 rings (SSSR count). The molecule has 0 aromatic heterocycles. The first kappa shape index (κ1) is 26.9. The number of aliphatic hydroxyl groups is 1. The van der Waals surface area contributed by atoms with Gasteiger partial charge >= 0.3 is 0 Å². The first-order valence-electron chi connectivity index (χ1n) is 12.1. The lowest BCUT2D eigenvalue weighted by Crippen LogP contribution is -2.21. The Balaban J connectivity index is 3.10. The molecular weight excluding hydrogens is 336 g/mol. The first-order chi connectivity index (χ1) is 13.2. The maximum Gasteiger partial charge on any atom is 0.154 e. The highest BCUT2D eigenvalue weighted by Crippen LogP contribution is 2.13. The van der Waals surface area contributed by atoms with Gasteiger partial charge in [-0.1, -0.05) is 110 Å². The average Bonchev–Trinajstić information content (AvgIpc) is 2.68. The molecule has 2 unspecified atom stereocenters. The van der Waals surface area contributed by atoms with Crippen molar-refractivity contribution in [3.05, 3.63) is 0 Å². The van der Waals surface area contributed by atoms with E-state index < -0.39 is 6.29 Å². The van der Waals surface area contributed by atoms with Crippen LogP contribution in [0.1, 0.15) is 130 Å². The number of hydrogen-bond acceptors (Lipinski definition) is 3. The van der Waals surface area contributed by atoms with Gasteiger partial charge in [0.2, 0.25) is 0 Å². The summed E-state index contributed by atoms with van der Waals surface area (Å²) in [5.74, 6) is 0. The third-order valence-electron chi connectivity index (χ3n) is 5.27. The van der Waals surface area contributed by atoms with E-state index in [4.69, 9.17) is 9.47 Å². The molecule has 1 N–H and O–H groups in total. The predicted molar refractivity (Wildman–Crippen MR) is 117 cm³/mol. The van der Waals surface area contributed by atoms with E-state index in [1.165, 1.54) is 96.3 Å². The third-order valence-corrected chi connectivity index (χ3v) is 5.27. The normalized spacial score (nSPS) is 13.8. The van der Waals surface area contributed by atoms with Gasteiger partial charge in [0.25, 0.3) is 0 Å². The summed E-state index contributed by atoms with van der Waals surface area (Å²) in [6.07, 6.45) is 22.3. The van der Waals surface area contributed by atoms with Gasteiger partial charge in [0.15, 0.2) is 6.29 Å². The summed E-state index contributed by atoms with van der Waals surface area (Å²) in [5, 5.41) is 9.35. The molecule has 0 saturated carbocycles. The average molecular weight is 387 g/mol. The summed E-state index contributed by atoms with van der Waals surface area (Å²) in [5.41, 5.74) is 0. The highest BCUT2D eigenvalue weighted by molar-refractivity contribution is 4.51. The van der Waals surface area contributed by atoms with Crippen molar-refractivity contribution in [3.63, 3.8) is 0 Å². The molecular formula is C24H50O3. The second kappa shape index (κ2) is 22.2. The Morgan fingerprint density at radius 2 is 1.00 bits per heavy atom. The van der Waals surface area contributed by atoms with E-state index in [2.05, 4.69) is 6.92 Å². The number of aliphatic hydroxyl groups excluding tert-OH is 1. The van der Waals surface area contributed by atoms with Crippen LogP contribution in [0.15, 0.2) is 0 Å². The Morgan fingerprint density at radius 3 is 1.41 bits per heavy atom. The molecule has 3 nitrogen and oxygen atoms in total. The smallest absolute Gasteiger partial charge is 0.154 e. The van der Waals surface area contributed by atoms with Crippen LogP contribution < -0.4 is 0 Å². The molecule has 2 atom stereocenters. The van der Waals surface area contributed by atoms with E-state index in [0.29, 0.717) is 13.0 Å². The summed E-state index contributed by atoms with van der Waals surface area (Å²) < 4.78 is 11.0. The molecule has 0 aromatic carbocycles. The van der Waals surface area contributed by atoms with Gasteiger partial charge in [0.05, 0.1) is 12.7 Å². The third kappa shape index (κ3) is 22.0. The van der Waals surface area contributed by atoms with Crippen LogP contribution in [0.3, 0.4) is 0 Å². The van der Waals surface area contributed by atoms with Crippen molar-refractivity contribution in [2.24, 2.45) is 0 Å². The molecule has 0 aliphatic rings. The zero-order valence-electron chi connectivity index (χ0n) is 18.9.